The quantitative estimate of drug-likeness (QED) is 0.501. The van der Waals surface area contributed by atoms with Gasteiger partial charge in [0.15, 0.2) is 0 Å². The van der Waals surface area contributed by atoms with E-state index in [1.165, 1.54) is 32.1 Å². The van der Waals surface area contributed by atoms with E-state index in [0.29, 0.717) is 5.92 Å². The Morgan fingerprint density at radius 2 is 1.75 bits per heavy atom. The zero-order valence-electron chi connectivity index (χ0n) is 16.1. The molecule has 0 radical (unpaired) electrons. The van der Waals surface area contributed by atoms with Gasteiger partial charge in [0.25, 0.3) is 0 Å². The van der Waals surface area contributed by atoms with Gasteiger partial charge >= 0.3 is 0 Å². The minimum atomic E-state index is 0.568. The monoisotopic (exact) mass is 391 g/mol. The summed E-state index contributed by atoms with van der Waals surface area (Å²) in [5.74, 6) is 1.40. The van der Waals surface area contributed by atoms with Gasteiger partial charge < -0.3 is 4.74 Å². The van der Waals surface area contributed by atoms with Crippen molar-refractivity contribution >= 4 is 23.2 Å². The van der Waals surface area contributed by atoms with Gasteiger partial charge in [-0.15, -0.1) is 11.3 Å². The molecule has 0 bridgehead atoms. The number of hydrogen-bond donors (Lipinski definition) is 0. The molecule has 1 heterocycles. The van der Waals surface area contributed by atoms with Gasteiger partial charge in [-0.05, 0) is 43.0 Å². The second-order valence-corrected chi connectivity index (χ2v) is 7.89. The molecule has 1 fully saturated rings. The zero-order chi connectivity index (χ0) is 19.2. The summed E-state index contributed by atoms with van der Waals surface area (Å²) < 4.78 is 7.23. The third-order valence-corrected chi connectivity index (χ3v) is 5.91. The Hall–Kier alpha value is -2.66. The van der Waals surface area contributed by atoms with Gasteiger partial charge in [-0.2, -0.15) is 5.10 Å². The number of hydrogen-bond acceptors (Lipinski definition) is 4. The average Bonchev–Trinajstić information content (AvgIpc) is 3.16. The topological polar surface area (TPSA) is 38.9 Å². The van der Waals surface area contributed by atoms with E-state index in [2.05, 4.69) is 35.9 Å². The molecular weight excluding hydrogens is 366 g/mol. The number of thiazole rings is 1. The van der Waals surface area contributed by atoms with Crippen LogP contribution in [-0.2, 0) is 0 Å². The van der Waals surface area contributed by atoms with Crippen LogP contribution in [0.3, 0.4) is 0 Å². The average molecular weight is 392 g/mol. The molecule has 4 rings (SSSR count). The van der Waals surface area contributed by atoms with Crippen molar-refractivity contribution in [3.63, 3.8) is 0 Å². The van der Waals surface area contributed by atoms with Gasteiger partial charge in [0.1, 0.15) is 5.75 Å². The highest BCUT2D eigenvalue weighted by molar-refractivity contribution is 7.07. The fourth-order valence-corrected chi connectivity index (χ4v) is 4.36. The summed E-state index contributed by atoms with van der Waals surface area (Å²) in [5, 5.41) is 7.01. The van der Waals surface area contributed by atoms with Gasteiger partial charge in [0.2, 0.25) is 4.80 Å². The molecule has 0 atom stereocenters. The number of benzene rings is 2. The van der Waals surface area contributed by atoms with E-state index in [-0.39, 0.29) is 0 Å². The Morgan fingerprint density at radius 3 is 2.46 bits per heavy atom. The minimum absolute atomic E-state index is 0.568. The Morgan fingerprint density at radius 1 is 1.00 bits per heavy atom. The van der Waals surface area contributed by atoms with Crippen molar-refractivity contribution in [1.82, 2.24) is 4.68 Å². The Kier molecular flexibility index (Phi) is 6.02. The summed E-state index contributed by atoms with van der Waals surface area (Å²) in [6, 6.07) is 18.2. The summed E-state index contributed by atoms with van der Waals surface area (Å²) in [4.78, 5) is 5.71. The van der Waals surface area contributed by atoms with Gasteiger partial charge in [-0.3, -0.25) is 0 Å². The van der Waals surface area contributed by atoms with Gasteiger partial charge in [-0.25, -0.2) is 9.67 Å². The van der Waals surface area contributed by atoms with Gasteiger partial charge in [0.05, 0.1) is 18.5 Å². The van der Waals surface area contributed by atoms with Crippen LogP contribution in [0.25, 0.3) is 11.3 Å². The lowest BCUT2D eigenvalue weighted by atomic mass is 9.90. The molecule has 3 aromatic rings. The van der Waals surface area contributed by atoms with E-state index in [9.17, 15) is 0 Å². The van der Waals surface area contributed by atoms with Gasteiger partial charge in [-0.1, -0.05) is 49.6 Å². The molecule has 1 aromatic heterocycles. The van der Waals surface area contributed by atoms with Crippen LogP contribution >= 0.6 is 11.3 Å². The van der Waals surface area contributed by atoms with E-state index in [1.807, 2.05) is 35.0 Å². The minimum Gasteiger partial charge on any atom is -0.497 e. The first-order chi connectivity index (χ1) is 13.8. The second-order valence-electron chi connectivity index (χ2n) is 7.05. The molecule has 2 aromatic carbocycles. The van der Waals surface area contributed by atoms with Crippen LogP contribution in [0, 0.1) is 5.92 Å². The largest absolute Gasteiger partial charge is 0.497 e. The first-order valence-electron chi connectivity index (χ1n) is 9.83. The zero-order valence-corrected chi connectivity index (χ0v) is 16.9. The summed E-state index contributed by atoms with van der Waals surface area (Å²) >= 11 is 1.61. The van der Waals surface area contributed by atoms with Crippen LogP contribution in [0.15, 0.2) is 70.1 Å². The number of methoxy groups -OCH3 is 1. The van der Waals surface area contributed by atoms with Crippen LogP contribution in [0.4, 0.5) is 5.69 Å². The van der Waals surface area contributed by atoms with Crippen molar-refractivity contribution < 1.29 is 4.74 Å². The lowest BCUT2D eigenvalue weighted by molar-refractivity contribution is 0.415. The van der Waals surface area contributed by atoms with E-state index in [1.54, 1.807) is 18.4 Å². The lowest BCUT2D eigenvalue weighted by Crippen LogP contribution is -2.14. The first kappa shape index (κ1) is 18.7. The van der Waals surface area contributed by atoms with Crippen LogP contribution in [0.5, 0.6) is 5.75 Å². The van der Waals surface area contributed by atoms with E-state index < -0.39 is 0 Å². The molecule has 0 aliphatic heterocycles. The third kappa shape index (κ3) is 4.42. The second kappa shape index (κ2) is 9.02. The molecule has 1 saturated carbocycles. The molecule has 28 heavy (non-hydrogen) atoms. The molecule has 5 heteroatoms. The Balaban J connectivity index is 1.73. The van der Waals surface area contributed by atoms with Crippen LogP contribution < -0.4 is 9.54 Å². The summed E-state index contributed by atoms with van der Waals surface area (Å²) in [5.41, 5.74) is 3.12. The predicted octanol–water partition coefficient (Wildman–Crippen LogP) is 5.87. The van der Waals surface area contributed by atoms with E-state index >= 15 is 0 Å². The predicted molar refractivity (Wildman–Crippen MR) is 116 cm³/mol. The normalized spacial score (nSPS) is 16.0. The maximum atomic E-state index is 5.24. The maximum Gasteiger partial charge on any atom is 0.211 e. The van der Waals surface area contributed by atoms with E-state index in [4.69, 9.17) is 14.8 Å². The van der Waals surface area contributed by atoms with Crippen molar-refractivity contribution in [2.75, 3.05) is 7.11 Å². The van der Waals surface area contributed by atoms with Crippen molar-refractivity contribution in [3.05, 3.63) is 64.8 Å². The number of nitrogens with zero attached hydrogens (tertiary/aromatic N) is 3. The maximum absolute atomic E-state index is 5.24. The standard InChI is InChI=1S/C23H25N3OS/c1-27-21-14-12-20(13-15-21)25-23-26(24-16-18-8-4-2-5-9-18)22(17-28-23)19-10-6-3-7-11-19/h3,6-7,10-18H,2,4-5,8-9H2,1H3. The summed E-state index contributed by atoms with van der Waals surface area (Å²) in [6.45, 7) is 0. The van der Waals surface area contributed by atoms with Crippen molar-refractivity contribution in [1.29, 1.82) is 0 Å². The SMILES string of the molecule is COc1ccc(N=c2scc(-c3ccccc3)n2N=CC2CCCCC2)cc1. The molecule has 4 nitrogen and oxygen atoms in total. The molecular formula is C23H25N3OS. The highest BCUT2D eigenvalue weighted by Gasteiger charge is 2.12. The lowest BCUT2D eigenvalue weighted by Gasteiger charge is -2.17. The molecule has 1 aliphatic carbocycles. The molecule has 1 aliphatic rings. The molecule has 0 N–H and O–H groups in total. The smallest absolute Gasteiger partial charge is 0.211 e. The van der Waals surface area contributed by atoms with Crippen molar-refractivity contribution in [2.45, 2.75) is 32.1 Å². The first-order valence-corrected chi connectivity index (χ1v) is 10.7. The highest BCUT2D eigenvalue weighted by Crippen LogP contribution is 2.24. The van der Waals surface area contributed by atoms with Crippen LogP contribution in [0.1, 0.15) is 32.1 Å². The fraction of sp³-hybridized carbons (Fsp3) is 0.304. The fourth-order valence-electron chi connectivity index (χ4n) is 3.51. The van der Waals surface area contributed by atoms with Crippen molar-refractivity contribution in [2.24, 2.45) is 16.0 Å². The van der Waals surface area contributed by atoms with Crippen LogP contribution in [0.2, 0.25) is 0 Å². The Bertz CT molecular complexity index is 981. The van der Waals surface area contributed by atoms with Gasteiger partial charge in [0, 0.05) is 17.2 Å². The number of aromatic nitrogens is 1. The third-order valence-electron chi connectivity index (χ3n) is 5.09. The molecule has 0 spiro atoms. The molecule has 0 saturated heterocycles. The van der Waals surface area contributed by atoms with E-state index in [0.717, 1.165) is 27.5 Å². The molecule has 0 unspecified atom stereocenters. The highest BCUT2D eigenvalue weighted by atomic mass is 32.1. The number of rotatable bonds is 5. The summed E-state index contributed by atoms with van der Waals surface area (Å²) in [6.07, 6.45) is 8.56. The number of ether oxygens (including phenoxy) is 1. The van der Waals surface area contributed by atoms with Crippen molar-refractivity contribution in [3.8, 4) is 17.0 Å². The Labute approximate surface area is 169 Å². The summed E-state index contributed by atoms with van der Waals surface area (Å²) in [7, 11) is 1.67. The molecule has 144 valence electrons. The molecule has 0 amide bonds. The van der Waals surface area contributed by atoms with Crippen LogP contribution in [-0.4, -0.2) is 18.0 Å².